The highest BCUT2D eigenvalue weighted by molar-refractivity contribution is 5.81. The van der Waals surface area contributed by atoms with E-state index in [1.807, 2.05) is 35.8 Å². The standard InChI is InChI=1S/C20H28N4O3/c1-2-19(25)21-11-5-10-18-23-16-8-3-4-9-17(16)24(18)14-20(26)22-13-15-7-6-12-27-15/h3-4,8-9,15H,2,5-7,10-14H2,1H3,(H,21,25)(H,22,26). The molecule has 2 amide bonds. The number of fused-ring (bicyclic) bond motifs is 1. The summed E-state index contributed by atoms with van der Waals surface area (Å²) in [6, 6.07) is 7.84. The number of nitrogens with zero attached hydrogens (tertiary/aromatic N) is 2. The molecule has 1 saturated heterocycles. The van der Waals surface area contributed by atoms with Crippen molar-refractivity contribution in [1.82, 2.24) is 20.2 Å². The molecule has 2 heterocycles. The highest BCUT2D eigenvalue weighted by Gasteiger charge is 2.18. The molecule has 1 aromatic carbocycles. The van der Waals surface area contributed by atoms with Crippen molar-refractivity contribution in [3.05, 3.63) is 30.1 Å². The number of amides is 2. The number of carbonyl (C=O) groups excluding carboxylic acids is 2. The zero-order valence-corrected chi connectivity index (χ0v) is 15.9. The van der Waals surface area contributed by atoms with Gasteiger partial charge in [0.1, 0.15) is 12.4 Å². The van der Waals surface area contributed by atoms with E-state index in [1.165, 1.54) is 0 Å². The van der Waals surface area contributed by atoms with Gasteiger partial charge in [-0.05, 0) is 31.4 Å². The third kappa shape index (κ3) is 5.29. The Morgan fingerprint density at radius 2 is 2.11 bits per heavy atom. The number of hydrogen-bond donors (Lipinski definition) is 2. The predicted octanol–water partition coefficient (Wildman–Crippen LogP) is 1.79. The van der Waals surface area contributed by atoms with Crippen LogP contribution >= 0.6 is 0 Å². The number of hydrogen-bond acceptors (Lipinski definition) is 4. The van der Waals surface area contributed by atoms with Crippen LogP contribution in [0.4, 0.5) is 0 Å². The highest BCUT2D eigenvalue weighted by Crippen LogP contribution is 2.17. The molecule has 7 nitrogen and oxygen atoms in total. The SMILES string of the molecule is CCC(=O)NCCCc1nc2ccccc2n1CC(=O)NCC1CCCO1. The van der Waals surface area contributed by atoms with Crippen LogP contribution in [0.2, 0.25) is 0 Å². The van der Waals surface area contributed by atoms with E-state index in [2.05, 4.69) is 15.6 Å². The Bertz CT molecular complexity index is 781. The Morgan fingerprint density at radius 1 is 1.26 bits per heavy atom. The minimum atomic E-state index is -0.0332. The summed E-state index contributed by atoms with van der Waals surface area (Å²) in [6.45, 7) is 4.03. The van der Waals surface area contributed by atoms with Crippen molar-refractivity contribution >= 4 is 22.8 Å². The van der Waals surface area contributed by atoms with Crippen LogP contribution in [-0.4, -0.2) is 47.2 Å². The topological polar surface area (TPSA) is 85.2 Å². The second kappa shape index (κ2) is 9.50. The van der Waals surface area contributed by atoms with Crippen molar-refractivity contribution in [2.24, 2.45) is 0 Å². The third-order valence-electron chi connectivity index (χ3n) is 4.81. The van der Waals surface area contributed by atoms with E-state index in [9.17, 15) is 9.59 Å². The number of ether oxygens (including phenoxy) is 1. The molecule has 146 valence electrons. The van der Waals surface area contributed by atoms with Gasteiger partial charge in [-0.3, -0.25) is 9.59 Å². The molecule has 1 aromatic heterocycles. The van der Waals surface area contributed by atoms with Crippen molar-refractivity contribution in [1.29, 1.82) is 0 Å². The molecular weight excluding hydrogens is 344 g/mol. The van der Waals surface area contributed by atoms with Gasteiger partial charge in [-0.1, -0.05) is 19.1 Å². The van der Waals surface area contributed by atoms with Gasteiger partial charge >= 0.3 is 0 Å². The largest absolute Gasteiger partial charge is 0.376 e. The summed E-state index contributed by atoms with van der Waals surface area (Å²) >= 11 is 0. The average Bonchev–Trinajstić information content (AvgIpc) is 3.32. The number of nitrogens with one attached hydrogen (secondary N) is 2. The predicted molar refractivity (Wildman–Crippen MR) is 103 cm³/mol. The summed E-state index contributed by atoms with van der Waals surface area (Å²) in [5.41, 5.74) is 1.84. The molecule has 3 rings (SSSR count). The van der Waals surface area contributed by atoms with Gasteiger partial charge in [0.15, 0.2) is 0 Å². The van der Waals surface area contributed by atoms with Gasteiger partial charge in [0.2, 0.25) is 11.8 Å². The van der Waals surface area contributed by atoms with Crippen molar-refractivity contribution in [2.45, 2.75) is 51.7 Å². The fourth-order valence-electron chi connectivity index (χ4n) is 3.32. The quantitative estimate of drug-likeness (QED) is 0.657. The fourth-order valence-corrected chi connectivity index (χ4v) is 3.32. The number of benzene rings is 1. The Balaban J connectivity index is 1.62. The van der Waals surface area contributed by atoms with E-state index >= 15 is 0 Å². The Labute approximate surface area is 159 Å². The maximum atomic E-state index is 12.4. The van der Waals surface area contributed by atoms with Crippen LogP contribution in [0, 0.1) is 0 Å². The lowest BCUT2D eigenvalue weighted by atomic mass is 10.2. The lowest BCUT2D eigenvalue weighted by molar-refractivity contribution is -0.122. The summed E-state index contributed by atoms with van der Waals surface area (Å²) in [5.74, 6) is 0.889. The third-order valence-corrected chi connectivity index (χ3v) is 4.81. The van der Waals surface area contributed by atoms with Crippen LogP contribution in [0.25, 0.3) is 11.0 Å². The first-order valence-corrected chi connectivity index (χ1v) is 9.76. The van der Waals surface area contributed by atoms with Crippen LogP contribution in [0.15, 0.2) is 24.3 Å². The van der Waals surface area contributed by atoms with Crippen molar-refractivity contribution in [2.75, 3.05) is 19.7 Å². The Morgan fingerprint density at radius 3 is 2.89 bits per heavy atom. The van der Waals surface area contributed by atoms with E-state index < -0.39 is 0 Å². The lowest BCUT2D eigenvalue weighted by Crippen LogP contribution is -2.34. The molecule has 0 bridgehead atoms. The molecule has 1 aliphatic heterocycles. The first kappa shape index (κ1) is 19.4. The molecule has 0 aliphatic carbocycles. The van der Waals surface area contributed by atoms with E-state index in [1.54, 1.807) is 0 Å². The number of aromatic nitrogens is 2. The van der Waals surface area contributed by atoms with Gasteiger partial charge in [0.25, 0.3) is 0 Å². The van der Waals surface area contributed by atoms with Crippen LogP contribution in [0.1, 0.15) is 38.4 Å². The second-order valence-corrected chi connectivity index (χ2v) is 6.85. The molecule has 1 atom stereocenters. The van der Waals surface area contributed by atoms with Crippen LogP contribution < -0.4 is 10.6 Å². The van der Waals surface area contributed by atoms with Crippen LogP contribution in [-0.2, 0) is 27.3 Å². The second-order valence-electron chi connectivity index (χ2n) is 6.85. The first-order chi connectivity index (χ1) is 13.2. The van der Waals surface area contributed by atoms with Crippen molar-refractivity contribution in [3.63, 3.8) is 0 Å². The smallest absolute Gasteiger partial charge is 0.240 e. The molecule has 1 aliphatic rings. The maximum Gasteiger partial charge on any atom is 0.240 e. The monoisotopic (exact) mass is 372 g/mol. The molecule has 0 spiro atoms. The van der Waals surface area contributed by atoms with E-state index in [0.717, 1.165) is 42.7 Å². The molecular formula is C20H28N4O3. The highest BCUT2D eigenvalue weighted by atomic mass is 16.5. The summed E-state index contributed by atoms with van der Waals surface area (Å²) in [5, 5.41) is 5.85. The minimum absolute atomic E-state index is 0.0332. The molecule has 2 aromatic rings. The normalized spacial score (nSPS) is 16.6. The molecule has 2 N–H and O–H groups in total. The van der Waals surface area contributed by atoms with E-state index in [4.69, 9.17) is 4.74 Å². The van der Waals surface area contributed by atoms with Crippen molar-refractivity contribution in [3.8, 4) is 0 Å². The average molecular weight is 372 g/mol. The number of carbonyl (C=O) groups is 2. The van der Waals surface area contributed by atoms with Gasteiger partial charge in [0, 0.05) is 32.5 Å². The summed E-state index contributed by atoms with van der Waals surface area (Å²) < 4.78 is 7.53. The Kier molecular flexibility index (Phi) is 6.81. The number of rotatable bonds is 9. The number of aryl methyl sites for hydroxylation is 1. The summed E-state index contributed by atoms with van der Waals surface area (Å²) in [7, 11) is 0. The molecule has 1 unspecified atom stereocenters. The fraction of sp³-hybridized carbons (Fsp3) is 0.550. The van der Waals surface area contributed by atoms with Gasteiger partial charge in [-0.25, -0.2) is 4.98 Å². The Hall–Kier alpha value is -2.41. The summed E-state index contributed by atoms with van der Waals surface area (Å²) in [4.78, 5) is 28.5. The van der Waals surface area contributed by atoms with Gasteiger partial charge < -0.3 is 19.9 Å². The zero-order chi connectivity index (χ0) is 19.1. The molecule has 1 fully saturated rings. The summed E-state index contributed by atoms with van der Waals surface area (Å²) in [6.07, 6.45) is 4.18. The van der Waals surface area contributed by atoms with Crippen molar-refractivity contribution < 1.29 is 14.3 Å². The molecule has 7 heteroatoms. The molecule has 0 saturated carbocycles. The van der Waals surface area contributed by atoms with E-state index in [-0.39, 0.29) is 24.5 Å². The maximum absolute atomic E-state index is 12.4. The van der Waals surface area contributed by atoms with Gasteiger partial charge in [-0.2, -0.15) is 0 Å². The number of imidazole rings is 1. The molecule has 27 heavy (non-hydrogen) atoms. The van der Waals surface area contributed by atoms with Gasteiger partial charge in [0.05, 0.1) is 17.1 Å². The van der Waals surface area contributed by atoms with Gasteiger partial charge in [-0.15, -0.1) is 0 Å². The van der Waals surface area contributed by atoms with Crippen LogP contribution in [0.3, 0.4) is 0 Å². The first-order valence-electron chi connectivity index (χ1n) is 9.76. The lowest BCUT2D eigenvalue weighted by Gasteiger charge is -2.13. The minimum Gasteiger partial charge on any atom is -0.376 e. The number of para-hydroxylation sites is 2. The zero-order valence-electron chi connectivity index (χ0n) is 15.9. The van der Waals surface area contributed by atoms with E-state index in [0.29, 0.717) is 25.9 Å². The molecule has 0 radical (unpaired) electrons. The van der Waals surface area contributed by atoms with Crippen LogP contribution in [0.5, 0.6) is 0 Å².